The molecular weight excluding hydrogens is 365 g/mol. The smallest absolute Gasteiger partial charge is 0.227 e. The average Bonchev–Trinajstić information content (AvgIpc) is 3.36. The molecule has 27 heavy (non-hydrogen) atoms. The van der Waals surface area contributed by atoms with E-state index in [1.807, 2.05) is 28.5 Å². The number of aromatic nitrogens is 1. The summed E-state index contributed by atoms with van der Waals surface area (Å²) >= 11 is 1.63. The monoisotopic (exact) mass is 385 g/mol. The molecule has 140 valence electrons. The van der Waals surface area contributed by atoms with E-state index in [1.165, 1.54) is 12.1 Å². The van der Waals surface area contributed by atoms with Gasteiger partial charge in [-0.15, -0.1) is 11.3 Å². The van der Waals surface area contributed by atoms with Gasteiger partial charge in [0.1, 0.15) is 5.82 Å². The zero-order valence-corrected chi connectivity index (χ0v) is 15.6. The molecule has 3 heterocycles. The summed E-state index contributed by atoms with van der Waals surface area (Å²) in [6.45, 7) is 3.70. The summed E-state index contributed by atoms with van der Waals surface area (Å²) in [5, 5.41) is 6.18. The molecule has 2 aromatic heterocycles. The van der Waals surface area contributed by atoms with E-state index >= 15 is 0 Å². The molecule has 0 spiro atoms. The van der Waals surface area contributed by atoms with E-state index in [0.717, 1.165) is 41.5 Å². The number of carbonyl (C=O) groups is 1. The molecule has 0 radical (unpaired) electrons. The maximum absolute atomic E-state index is 13.0. The van der Waals surface area contributed by atoms with Crippen LogP contribution in [0.4, 0.5) is 4.39 Å². The van der Waals surface area contributed by atoms with E-state index in [2.05, 4.69) is 10.1 Å². The van der Waals surface area contributed by atoms with Crippen molar-refractivity contribution in [1.29, 1.82) is 0 Å². The van der Waals surface area contributed by atoms with Gasteiger partial charge in [-0.1, -0.05) is 23.4 Å². The molecule has 1 saturated heterocycles. The molecule has 4 rings (SSSR count). The van der Waals surface area contributed by atoms with Crippen molar-refractivity contribution in [2.45, 2.75) is 13.0 Å². The average molecular weight is 385 g/mol. The van der Waals surface area contributed by atoms with Crippen molar-refractivity contribution in [1.82, 2.24) is 15.0 Å². The van der Waals surface area contributed by atoms with Crippen LogP contribution in [0, 0.1) is 5.82 Å². The molecule has 0 unspecified atom stereocenters. The first-order chi connectivity index (χ1) is 13.2. The summed E-state index contributed by atoms with van der Waals surface area (Å²) in [7, 11) is 0. The van der Waals surface area contributed by atoms with Crippen LogP contribution in [0.1, 0.15) is 11.3 Å². The number of halogens is 1. The molecule has 1 amide bonds. The van der Waals surface area contributed by atoms with Gasteiger partial charge in [0, 0.05) is 38.8 Å². The van der Waals surface area contributed by atoms with Crippen LogP contribution in [-0.4, -0.2) is 47.0 Å². The number of nitrogens with zero attached hydrogens (tertiary/aromatic N) is 3. The number of amides is 1. The zero-order valence-electron chi connectivity index (χ0n) is 14.8. The molecule has 5 nitrogen and oxygen atoms in total. The van der Waals surface area contributed by atoms with Crippen LogP contribution in [-0.2, 0) is 17.8 Å². The fourth-order valence-electron chi connectivity index (χ4n) is 3.19. The van der Waals surface area contributed by atoms with Gasteiger partial charge < -0.3 is 9.42 Å². The second kappa shape index (κ2) is 8.02. The Balaban J connectivity index is 1.27. The second-order valence-electron chi connectivity index (χ2n) is 6.62. The van der Waals surface area contributed by atoms with Crippen LogP contribution in [0.15, 0.2) is 52.4 Å². The predicted octanol–water partition coefficient (Wildman–Crippen LogP) is 3.43. The third kappa shape index (κ3) is 4.43. The molecular formula is C20H20FN3O2S. The topological polar surface area (TPSA) is 49.6 Å². The molecule has 0 atom stereocenters. The van der Waals surface area contributed by atoms with E-state index < -0.39 is 0 Å². The summed E-state index contributed by atoms with van der Waals surface area (Å²) in [5.74, 6) is 0.602. The maximum atomic E-state index is 13.0. The Hall–Kier alpha value is -2.51. The Bertz CT molecular complexity index is 884. The summed E-state index contributed by atoms with van der Waals surface area (Å²) in [6, 6.07) is 12.1. The number of hydrogen-bond donors (Lipinski definition) is 0. The van der Waals surface area contributed by atoms with Gasteiger partial charge in [-0.05, 0) is 29.1 Å². The van der Waals surface area contributed by atoms with Gasteiger partial charge in [-0.25, -0.2) is 4.39 Å². The molecule has 1 aromatic carbocycles. The van der Waals surface area contributed by atoms with Crippen LogP contribution < -0.4 is 0 Å². The maximum Gasteiger partial charge on any atom is 0.227 e. The lowest BCUT2D eigenvalue weighted by Gasteiger charge is -2.34. The van der Waals surface area contributed by atoms with E-state index in [9.17, 15) is 9.18 Å². The fourth-order valence-corrected chi connectivity index (χ4v) is 3.87. The van der Waals surface area contributed by atoms with Crippen molar-refractivity contribution < 1.29 is 13.7 Å². The van der Waals surface area contributed by atoms with Crippen molar-refractivity contribution in [3.05, 3.63) is 64.9 Å². The first kappa shape index (κ1) is 17.9. The van der Waals surface area contributed by atoms with Crippen LogP contribution in [0.5, 0.6) is 0 Å². The second-order valence-corrected chi connectivity index (χ2v) is 7.57. The fraction of sp³-hybridized carbons (Fsp3) is 0.300. The van der Waals surface area contributed by atoms with Gasteiger partial charge in [0.05, 0.1) is 17.0 Å². The molecule has 0 aliphatic carbocycles. The highest BCUT2D eigenvalue weighted by Gasteiger charge is 2.22. The Morgan fingerprint density at radius 3 is 2.63 bits per heavy atom. The van der Waals surface area contributed by atoms with Gasteiger partial charge in [-0.3, -0.25) is 9.69 Å². The predicted molar refractivity (Wildman–Crippen MR) is 102 cm³/mol. The quantitative estimate of drug-likeness (QED) is 0.675. The lowest BCUT2D eigenvalue weighted by molar-refractivity contribution is -0.132. The van der Waals surface area contributed by atoms with Gasteiger partial charge >= 0.3 is 0 Å². The van der Waals surface area contributed by atoms with Crippen molar-refractivity contribution >= 4 is 17.2 Å². The number of benzene rings is 1. The molecule has 0 saturated carbocycles. The summed E-state index contributed by atoms with van der Waals surface area (Å²) in [4.78, 5) is 17.7. The van der Waals surface area contributed by atoms with E-state index in [1.54, 1.807) is 23.5 Å². The number of carbonyl (C=O) groups excluding carboxylic acids is 1. The molecule has 3 aromatic rings. The Morgan fingerprint density at radius 2 is 1.93 bits per heavy atom. The first-order valence-electron chi connectivity index (χ1n) is 8.91. The van der Waals surface area contributed by atoms with Crippen molar-refractivity contribution in [3.63, 3.8) is 0 Å². The van der Waals surface area contributed by atoms with E-state index in [4.69, 9.17) is 4.52 Å². The Kier molecular flexibility index (Phi) is 5.31. The van der Waals surface area contributed by atoms with Crippen LogP contribution in [0.3, 0.4) is 0 Å². The Morgan fingerprint density at radius 1 is 1.15 bits per heavy atom. The summed E-state index contributed by atoms with van der Waals surface area (Å²) in [6.07, 6.45) is 0.313. The molecule has 1 fully saturated rings. The number of thiophene rings is 1. The van der Waals surface area contributed by atoms with Crippen LogP contribution in [0.2, 0.25) is 0 Å². The molecule has 1 aliphatic rings. The SMILES string of the molecule is O=C(Cc1ccc(F)cc1)N1CCN(Cc2cc(-c3cccs3)on2)CC1. The highest BCUT2D eigenvalue weighted by Crippen LogP contribution is 2.25. The lowest BCUT2D eigenvalue weighted by Crippen LogP contribution is -2.48. The van der Waals surface area contributed by atoms with Crippen molar-refractivity contribution in [2.24, 2.45) is 0 Å². The van der Waals surface area contributed by atoms with E-state index in [-0.39, 0.29) is 11.7 Å². The highest BCUT2D eigenvalue weighted by atomic mass is 32.1. The minimum atomic E-state index is -0.282. The lowest BCUT2D eigenvalue weighted by atomic mass is 10.1. The van der Waals surface area contributed by atoms with Crippen molar-refractivity contribution in [3.8, 4) is 10.6 Å². The highest BCUT2D eigenvalue weighted by molar-refractivity contribution is 7.13. The normalized spacial score (nSPS) is 15.2. The van der Waals surface area contributed by atoms with Crippen LogP contribution in [0.25, 0.3) is 10.6 Å². The van der Waals surface area contributed by atoms with Gasteiger partial charge in [-0.2, -0.15) is 0 Å². The summed E-state index contributed by atoms with van der Waals surface area (Å²) < 4.78 is 18.4. The Labute approximate surface area is 161 Å². The number of rotatable bonds is 5. The largest absolute Gasteiger partial charge is 0.355 e. The van der Waals surface area contributed by atoms with Gasteiger partial charge in [0.15, 0.2) is 5.76 Å². The molecule has 1 aliphatic heterocycles. The third-order valence-corrected chi connectivity index (χ3v) is 5.59. The van der Waals surface area contributed by atoms with Crippen molar-refractivity contribution in [2.75, 3.05) is 26.2 Å². The van der Waals surface area contributed by atoms with Gasteiger partial charge in [0.2, 0.25) is 5.91 Å². The molecule has 7 heteroatoms. The minimum absolute atomic E-state index is 0.0858. The number of hydrogen-bond acceptors (Lipinski definition) is 5. The van der Waals surface area contributed by atoms with E-state index in [0.29, 0.717) is 19.5 Å². The summed E-state index contributed by atoms with van der Waals surface area (Å²) in [5.41, 5.74) is 1.75. The molecule has 0 N–H and O–H groups in total. The third-order valence-electron chi connectivity index (χ3n) is 4.70. The molecule has 0 bridgehead atoms. The number of piperazine rings is 1. The zero-order chi connectivity index (χ0) is 18.6. The first-order valence-corrected chi connectivity index (χ1v) is 9.79. The van der Waals surface area contributed by atoms with Gasteiger partial charge in [0.25, 0.3) is 0 Å². The van der Waals surface area contributed by atoms with Crippen LogP contribution >= 0.6 is 11.3 Å². The standard InChI is InChI=1S/C20H20FN3O2S/c21-16-5-3-15(4-6-16)12-20(25)24-9-7-23(8-10-24)14-17-13-18(26-22-17)19-2-1-11-27-19/h1-6,11,13H,7-10,12,14H2. The minimum Gasteiger partial charge on any atom is -0.355 e.